The van der Waals surface area contributed by atoms with Crippen LogP contribution in [0, 0.1) is 11.3 Å². The second-order valence-electron chi connectivity index (χ2n) is 3.84. The molecule has 1 atom stereocenters. The maximum Gasteiger partial charge on any atom is 0.234 e. The molecule has 5 nitrogen and oxygen atoms in total. The van der Waals surface area contributed by atoms with Gasteiger partial charge in [0, 0.05) is 12.6 Å². The second kappa shape index (κ2) is 6.38. The molecule has 1 fully saturated rings. The molecule has 0 aliphatic carbocycles. The van der Waals surface area contributed by atoms with Crippen molar-refractivity contribution in [2.75, 3.05) is 33.2 Å². The highest BCUT2D eigenvalue weighted by atomic mass is 16.1. The van der Waals surface area contributed by atoms with Crippen molar-refractivity contribution < 1.29 is 4.79 Å². The van der Waals surface area contributed by atoms with E-state index in [1.54, 1.807) is 0 Å². The number of likely N-dealkylation sites (N-methyl/N-ethyl adjacent to an activating group) is 1. The Morgan fingerprint density at radius 3 is 3.07 bits per heavy atom. The van der Waals surface area contributed by atoms with Crippen LogP contribution in [0.5, 0.6) is 0 Å². The van der Waals surface area contributed by atoms with Gasteiger partial charge in [-0.25, -0.2) is 0 Å². The van der Waals surface area contributed by atoms with Gasteiger partial charge in [0.25, 0.3) is 0 Å². The Balaban J connectivity index is 2.05. The minimum Gasteiger partial charge on any atom is -0.342 e. The zero-order valence-electron chi connectivity index (χ0n) is 9.12. The molecule has 1 aliphatic heterocycles. The van der Waals surface area contributed by atoms with Crippen molar-refractivity contribution in [3.63, 3.8) is 0 Å². The maximum absolute atomic E-state index is 11.1. The van der Waals surface area contributed by atoms with Crippen molar-refractivity contribution in [3.05, 3.63) is 0 Å². The van der Waals surface area contributed by atoms with Gasteiger partial charge in [0.2, 0.25) is 5.91 Å². The molecule has 0 spiro atoms. The molecule has 1 saturated heterocycles. The van der Waals surface area contributed by atoms with Gasteiger partial charge in [-0.1, -0.05) is 0 Å². The van der Waals surface area contributed by atoms with Gasteiger partial charge < -0.3 is 15.5 Å². The van der Waals surface area contributed by atoms with E-state index in [0.717, 1.165) is 13.1 Å². The van der Waals surface area contributed by atoms with Crippen LogP contribution in [-0.2, 0) is 4.79 Å². The lowest BCUT2D eigenvalue weighted by molar-refractivity contribution is -0.120. The van der Waals surface area contributed by atoms with Crippen molar-refractivity contribution in [3.8, 4) is 6.07 Å². The number of carbonyl (C=O) groups excluding carboxylic acids is 1. The molecule has 15 heavy (non-hydrogen) atoms. The third-order valence-electron chi connectivity index (χ3n) is 2.70. The highest BCUT2D eigenvalue weighted by molar-refractivity contribution is 5.78. The van der Waals surface area contributed by atoms with Gasteiger partial charge in [0.05, 0.1) is 12.6 Å². The molecule has 1 amide bonds. The number of nitriles is 1. The average Bonchev–Trinajstić information content (AvgIpc) is 2.61. The summed E-state index contributed by atoms with van der Waals surface area (Å²) in [5.41, 5.74) is 0. The summed E-state index contributed by atoms with van der Waals surface area (Å²) in [6.07, 6.45) is 2.44. The first kappa shape index (κ1) is 12.0. The number of amides is 1. The summed E-state index contributed by atoms with van der Waals surface area (Å²) in [5.74, 6) is -0.114. The zero-order chi connectivity index (χ0) is 11.1. The van der Waals surface area contributed by atoms with Gasteiger partial charge in [0.15, 0.2) is 0 Å². The fraction of sp³-hybridized carbons (Fsp3) is 0.800. The number of hydrogen-bond donors (Lipinski definition) is 2. The highest BCUT2D eigenvalue weighted by Crippen LogP contribution is 2.13. The van der Waals surface area contributed by atoms with Gasteiger partial charge in [0.1, 0.15) is 6.54 Å². The van der Waals surface area contributed by atoms with E-state index in [2.05, 4.69) is 22.6 Å². The minimum absolute atomic E-state index is 0.0871. The van der Waals surface area contributed by atoms with Crippen LogP contribution in [0.1, 0.15) is 12.8 Å². The minimum atomic E-state index is -0.114. The fourth-order valence-electron chi connectivity index (χ4n) is 1.79. The van der Waals surface area contributed by atoms with Crippen LogP contribution in [0.15, 0.2) is 0 Å². The molecule has 0 radical (unpaired) electrons. The van der Waals surface area contributed by atoms with Crippen LogP contribution in [0.4, 0.5) is 0 Å². The van der Waals surface area contributed by atoms with Gasteiger partial charge in [-0.05, 0) is 26.4 Å². The van der Waals surface area contributed by atoms with Crippen LogP contribution < -0.4 is 10.6 Å². The molecule has 1 heterocycles. The number of hydrogen-bond acceptors (Lipinski definition) is 4. The predicted octanol–water partition coefficient (Wildman–Crippen LogP) is -0.690. The summed E-state index contributed by atoms with van der Waals surface area (Å²) >= 11 is 0. The summed E-state index contributed by atoms with van der Waals surface area (Å²) in [5, 5.41) is 13.9. The zero-order valence-corrected chi connectivity index (χ0v) is 9.12. The summed E-state index contributed by atoms with van der Waals surface area (Å²) in [7, 11) is 2.11. The molecule has 1 aliphatic rings. The lowest BCUT2D eigenvalue weighted by atomic mass is 10.2. The average molecular weight is 210 g/mol. The molecule has 0 aromatic rings. The Morgan fingerprint density at radius 1 is 1.67 bits per heavy atom. The molecular weight excluding hydrogens is 192 g/mol. The van der Waals surface area contributed by atoms with Gasteiger partial charge in [-0.2, -0.15) is 5.26 Å². The molecule has 1 rings (SSSR count). The predicted molar refractivity (Wildman–Crippen MR) is 57.1 cm³/mol. The van der Waals surface area contributed by atoms with Crippen LogP contribution in [0.2, 0.25) is 0 Å². The molecule has 0 aromatic heterocycles. The van der Waals surface area contributed by atoms with Gasteiger partial charge in [-0.15, -0.1) is 0 Å². The molecule has 1 unspecified atom stereocenters. The largest absolute Gasteiger partial charge is 0.342 e. The van der Waals surface area contributed by atoms with E-state index in [4.69, 9.17) is 5.26 Å². The summed E-state index contributed by atoms with van der Waals surface area (Å²) in [6.45, 7) is 2.37. The first-order chi connectivity index (χ1) is 7.24. The lowest BCUT2D eigenvalue weighted by Gasteiger charge is -2.19. The highest BCUT2D eigenvalue weighted by Gasteiger charge is 2.20. The fourth-order valence-corrected chi connectivity index (χ4v) is 1.79. The van der Waals surface area contributed by atoms with Crippen LogP contribution in [0.25, 0.3) is 0 Å². The van der Waals surface area contributed by atoms with Gasteiger partial charge in [-0.3, -0.25) is 4.79 Å². The van der Waals surface area contributed by atoms with Gasteiger partial charge >= 0.3 is 0 Å². The van der Waals surface area contributed by atoms with Crippen molar-refractivity contribution in [2.45, 2.75) is 18.9 Å². The number of nitrogens with one attached hydrogen (secondary N) is 2. The molecular formula is C10H18N4O. The van der Waals surface area contributed by atoms with Crippen molar-refractivity contribution in [1.82, 2.24) is 15.5 Å². The number of carbonyl (C=O) groups is 1. The SMILES string of the molecule is CN1CCCC1CNCC(=O)NCC#N. The Hall–Kier alpha value is -1.12. The molecule has 0 bridgehead atoms. The third-order valence-corrected chi connectivity index (χ3v) is 2.70. The lowest BCUT2D eigenvalue weighted by Crippen LogP contribution is -2.40. The van der Waals surface area contributed by atoms with Crippen LogP contribution in [0.3, 0.4) is 0 Å². The summed E-state index contributed by atoms with van der Waals surface area (Å²) < 4.78 is 0. The molecule has 84 valence electrons. The Bertz CT molecular complexity index is 248. The van der Waals surface area contributed by atoms with Crippen molar-refractivity contribution >= 4 is 5.91 Å². The normalized spacial score (nSPS) is 21.2. The Labute approximate surface area is 90.4 Å². The van der Waals surface area contributed by atoms with E-state index in [1.807, 2.05) is 6.07 Å². The Kier molecular flexibility index (Phi) is 5.08. The number of nitrogens with zero attached hydrogens (tertiary/aromatic N) is 2. The third kappa shape index (κ3) is 4.28. The topological polar surface area (TPSA) is 68.2 Å². The van der Waals surface area contributed by atoms with E-state index < -0.39 is 0 Å². The second-order valence-corrected chi connectivity index (χ2v) is 3.84. The molecule has 0 aromatic carbocycles. The quantitative estimate of drug-likeness (QED) is 0.589. The smallest absolute Gasteiger partial charge is 0.234 e. The van der Waals surface area contributed by atoms with Crippen molar-refractivity contribution in [2.24, 2.45) is 0 Å². The van der Waals surface area contributed by atoms with Crippen molar-refractivity contribution in [1.29, 1.82) is 5.26 Å². The monoisotopic (exact) mass is 210 g/mol. The summed E-state index contributed by atoms with van der Waals surface area (Å²) in [4.78, 5) is 13.4. The molecule has 2 N–H and O–H groups in total. The molecule has 5 heteroatoms. The Morgan fingerprint density at radius 2 is 2.47 bits per heavy atom. The van der Waals surface area contributed by atoms with E-state index in [1.165, 1.54) is 12.8 Å². The van der Waals surface area contributed by atoms with E-state index in [0.29, 0.717) is 12.6 Å². The number of rotatable bonds is 5. The van der Waals surface area contributed by atoms with E-state index in [-0.39, 0.29) is 12.5 Å². The first-order valence-electron chi connectivity index (χ1n) is 5.28. The maximum atomic E-state index is 11.1. The van der Waals surface area contributed by atoms with E-state index >= 15 is 0 Å². The van der Waals surface area contributed by atoms with Crippen LogP contribution >= 0.6 is 0 Å². The molecule has 0 saturated carbocycles. The van der Waals surface area contributed by atoms with E-state index in [9.17, 15) is 4.79 Å². The van der Waals surface area contributed by atoms with Crippen LogP contribution in [-0.4, -0.2) is 50.1 Å². The number of likely N-dealkylation sites (tertiary alicyclic amines) is 1. The summed E-state index contributed by atoms with van der Waals surface area (Å²) in [6, 6.07) is 2.42. The standard InChI is InChI=1S/C10H18N4O/c1-14-6-2-3-9(14)7-12-8-10(15)13-5-4-11/h9,12H,2-3,5-8H2,1H3,(H,13,15). The first-order valence-corrected chi connectivity index (χ1v) is 5.28.